The number of benzene rings is 2. The number of amides is 4. The van der Waals surface area contributed by atoms with Crippen molar-refractivity contribution in [3.8, 4) is 6.07 Å². The van der Waals surface area contributed by atoms with Gasteiger partial charge in [0.2, 0.25) is 5.91 Å². The number of nitriles is 1. The summed E-state index contributed by atoms with van der Waals surface area (Å²) in [5.74, 6) is -0.897. The van der Waals surface area contributed by atoms with Gasteiger partial charge in [0.1, 0.15) is 12.1 Å². The Balaban J connectivity index is 1.43. The van der Waals surface area contributed by atoms with Crippen molar-refractivity contribution in [3.05, 3.63) is 70.3 Å². The highest BCUT2D eigenvalue weighted by atomic mass is 16.2. The fourth-order valence-corrected chi connectivity index (χ4v) is 4.45. The smallest absolute Gasteiger partial charge is 0.325 e. The minimum absolute atomic E-state index is 0.236. The van der Waals surface area contributed by atoms with E-state index in [1.165, 1.54) is 24.0 Å². The lowest BCUT2D eigenvalue weighted by atomic mass is 9.89. The molecule has 2 aliphatic rings. The molecule has 2 aromatic carbocycles. The Hall–Kier alpha value is -3.66. The molecule has 2 N–H and O–H groups in total. The van der Waals surface area contributed by atoms with Crippen LogP contribution in [-0.2, 0) is 28.0 Å². The van der Waals surface area contributed by atoms with Crippen molar-refractivity contribution in [1.82, 2.24) is 15.5 Å². The highest BCUT2D eigenvalue weighted by Crippen LogP contribution is 2.29. The molecule has 0 spiro atoms. The van der Waals surface area contributed by atoms with Gasteiger partial charge < -0.3 is 10.6 Å². The molecule has 0 saturated carbocycles. The fraction of sp³-hybridized carbons (Fsp3) is 0.360. The molecule has 7 heteroatoms. The molecule has 1 heterocycles. The molecule has 1 fully saturated rings. The monoisotopic (exact) mass is 430 g/mol. The first-order valence-corrected chi connectivity index (χ1v) is 10.9. The van der Waals surface area contributed by atoms with Crippen molar-refractivity contribution in [2.45, 2.75) is 51.1 Å². The van der Waals surface area contributed by atoms with E-state index >= 15 is 0 Å². The second-order valence-electron chi connectivity index (χ2n) is 8.66. The van der Waals surface area contributed by atoms with Gasteiger partial charge in [-0.3, -0.25) is 14.5 Å². The number of hydrogen-bond donors (Lipinski definition) is 2. The molecule has 7 nitrogen and oxygen atoms in total. The Morgan fingerprint density at radius 1 is 1.16 bits per heavy atom. The second kappa shape index (κ2) is 8.46. The van der Waals surface area contributed by atoms with Crippen molar-refractivity contribution in [3.63, 3.8) is 0 Å². The predicted octanol–water partition coefficient (Wildman–Crippen LogP) is 3.08. The molecule has 2 atom stereocenters. The Morgan fingerprint density at radius 2 is 1.84 bits per heavy atom. The van der Waals surface area contributed by atoms with Gasteiger partial charge in [-0.1, -0.05) is 30.3 Å². The number of fused-ring (bicyclic) bond motifs is 1. The minimum atomic E-state index is -1.28. The molecule has 1 aliphatic carbocycles. The quantitative estimate of drug-likeness (QED) is 0.712. The lowest BCUT2D eigenvalue weighted by Gasteiger charge is -2.23. The molecule has 1 aliphatic heterocycles. The first kappa shape index (κ1) is 21.6. The van der Waals surface area contributed by atoms with Gasteiger partial charge >= 0.3 is 6.03 Å². The van der Waals surface area contributed by atoms with E-state index in [4.69, 9.17) is 5.26 Å². The summed E-state index contributed by atoms with van der Waals surface area (Å²) < 4.78 is 0. The van der Waals surface area contributed by atoms with Crippen LogP contribution in [0.4, 0.5) is 4.79 Å². The average molecular weight is 431 g/mol. The van der Waals surface area contributed by atoms with Gasteiger partial charge in [-0.05, 0) is 73.9 Å². The molecular weight excluding hydrogens is 404 g/mol. The lowest BCUT2D eigenvalue weighted by Crippen LogP contribution is -2.43. The minimum Gasteiger partial charge on any atom is -0.348 e. The normalized spacial score (nSPS) is 20.8. The fourth-order valence-electron chi connectivity index (χ4n) is 4.45. The van der Waals surface area contributed by atoms with Crippen LogP contribution >= 0.6 is 0 Å². The molecule has 0 radical (unpaired) electrons. The van der Waals surface area contributed by atoms with Crippen LogP contribution < -0.4 is 10.6 Å². The zero-order chi connectivity index (χ0) is 22.9. The number of imide groups is 1. The number of carbonyl (C=O) groups excluding carboxylic acids is 3. The van der Waals surface area contributed by atoms with Crippen LogP contribution in [0.2, 0.25) is 0 Å². The predicted molar refractivity (Wildman–Crippen MR) is 118 cm³/mol. The van der Waals surface area contributed by atoms with Crippen LogP contribution in [0, 0.1) is 11.3 Å². The van der Waals surface area contributed by atoms with Crippen LogP contribution in [-0.4, -0.2) is 29.3 Å². The van der Waals surface area contributed by atoms with Crippen molar-refractivity contribution >= 4 is 17.8 Å². The number of aryl methyl sites for hydroxylation is 2. The molecular formula is C25H26N4O3. The molecule has 2 unspecified atom stereocenters. The molecule has 0 aromatic heterocycles. The molecule has 32 heavy (non-hydrogen) atoms. The highest BCUT2D eigenvalue weighted by molar-refractivity contribution is 6.09. The van der Waals surface area contributed by atoms with Gasteiger partial charge in [0.15, 0.2) is 0 Å². The maximum Gasteiger partial charge on any atom is 0.325 e. The number of nitrogens with one attached hydrogen (secondary N) is 2. The summed E-state index contributed by atoms with van der Waals surface area (Å²) in [5, 5.41) is 14.6. The third kappa shape index (κ3) is 3.96. The number of hydrogen-bond acceptors (Lipinski definition) is 4. The summed E-state index contributed by atoms with van der Waals surface area (Å²) in [7, 11) is 0. The second-order valence-corrected chi connectivity index (χ2v) is 8.66. The molecule has 164 valence electrons. The molecule has 4 rings (SSSR count). The van der Waals surface area contributed by atoms with E-state index < -0.39 is 23.4 Å². The number of urea groups is 1. The Bertz CT molecular complexity index is 1120. The highest BCUT2D eigenvalue weighted by Gasteiger charge is 2.49. The first-order valence-electron chi connectivity index (χ1n) is 10.9. The Morgan fingerprint density at radius 3 is 2.53 bits per heavy atom. The van der Waals surface area contributed by atoms with Crippen LogP contribution in [0.3, 0.4) is 0 Å². The van der Waals surface area contributed by atoms with Crippen molar-refractivity contribution in [2.75, 3.05) is 6.54 Å². The average Bonchev–Trinajstić information content (AvgIpc) is 3.02. The number of carbonyl (C=O) groups is 3. The van der Waals surface area contributed by atoms with Crippen LogP contribution in [0.25, 0.3) is 0 Å². The van der Waals surface area contributed by atoms with Crippen molar-refractivity contribution in [2.24, 2.45) is 0 Å². The van der Waals surface area contributed by atoms with E-state index in [-0.39, 0.29) is 12.6 Å². The summed E-state index contributed by atoms with van der Waals surface area (Å²) in [6, 6.07) is 13.9. The van der Waals surface area contributed by atoms with E-state index in [0.717, 1.165) is 23.3 Å². The van der Waals surface area contributed by atoms with Crippen LogP contribution in [0.15, 0.2) is 42.5 Å². The molecule has 1 saturated heterocycles. The SMILES string of the molecule is CC(NC(=O)CN1C(=O)NC(C)(c2ccc(C#N)cc2)C1=O)c1ccc2c(c1)CCCC2. The van der Waals surface area contributed by atoms with E-state index in [1.54, 1.807) is 31.2 Å². The van der Waals surface area contributed by atoms with Crippen molar-refractivity contribution < 1.29 is 14.4 Å². The summed E-state index contributed by atoms with van der Waals surface area (Å²) in [4.78, 5) is 39.2. The van der Waals surface area contributed by atoms with E-state index in [1.807, 2.05) is 19.1 Å². The number of nitrogens with zero attached hydrogens (tertiary/aromatic N) is 2. The zero-order valence-corrected chi connectivity index (χ0v) is 18.3. The van der Waals surface area contributed by atoms with Gasteiger partial charge in [0.05, 0.1) is 17.7 Å². The Labute approximate surface area is 187 Å². The van der Waals surface area contributed by atoms with Gasteiger partial charge in [0, 0.05) is 0 Å². The summed E-state index contributed by atoms with van der Waals surface area (Å²) in [6.07, 6.45) is 4.55. The Kier molecular flexibility index (Phi) is 5.70. The third-order valence-corrected chi connectivity index (χ3v) is 6.42. The van der Waals surface area contributed by atoms with E-state index in [9.17, 15) is 14.4 Å². The third-order valence-electron chi connectivity index (χ3n) is 6.42. The summed E-state index contributed by atoms with van der Waals surface area (Å²) in [5.41, 5.74) is 3.46. The van der Waals surface area contributed by atoms with Crippen molar-refractivity contribution in [1.29, 1.82) is 5.26 Å². The first-order chi connectivity index (χ1) is 15.3. The molecule has 4 amide bonds. The van der Waals surface area contributed by atoms with Gasteiger partial charge in [-0.15, -0.1) is 0 Å². The summed E-state index contributed by atoms with van der Waals surface area (Å²) in [6.45, 7) is 3.14. The molecule has 0 bridgehead atoms. The van der Waals surface area contributed by atoms with Gasteiger partial charge in [-0.25, -0.2) is 4.79 Å². The number of rotatable bonds is 5. The lowest BCUT2D eigenvalue weighted by molar-refractivity contribution is -0.135. The molecule has 2 aromatic rings. The van der Waals surface area contributed by atoms with Gasteiger partial charge in [-0.2, -0.15) is 5.26 Å². The van der Waals surface area contributed by atoms with Gasteiger partial charge in [0.25, 0.3) is 5.91 Å². The van der Waals surface area contributed by atoms with E-state index in [0.29, 0.717) is 11.1 Å². The standard InChI is InChI=1S/C25H26N4O3/c1-16(19-10-9-18-5-3-4-6-20(18)13-19)27-22(30)15-29-23(31)25(2,28-24(29)32)21-11-7-17(14-26)8-12-21/h7-13,16H,3-6,15H2,1-2H3,(H,27,30)(H,28,32). The summed E-state index contributed by atoms with van der Waals surface area (Å²) >= 11 is 0. The zero-order valence-electron chi connectivity index (χ0n) is 18.3. The van der Waals surface area contributed by atoms with Crippen LogP contribution in [0.5, 0.6) is 0 Å². The maximum absolute atomic E-state index is 13.0. The largest absolute Gasteiger partial charge is 0.348 e. The van der Waals surface area contributed by atoms with Crippen LogP contribution in [0.1, 0.15) is 60.5 Å². The topological polar surface area (TPSA) is 102 Å². The maximum atomic E-state index is 13.0. The van der Waals surface area contributed by atoms with E-state index in [2.05, 4.69) is 22.8 Å².